The molecule has 1 rings (SSSR count). The average molecular weight is 219 g/mol. The zero-order valence-electron chi connectivity index (χ0n) is 10.5. The summed E-state index contributed by atoms with van der Waals surface area (Å²) in [6.07, 6.45) is 0. The van der Waals surface area contributed by atoms with Crippen molar-refractivity contribution >= 4 is 11.6 Å². The fourth-order valence-corrected chi connectivity index (χ4v) is 1.77. The van der Waals surface area contributed by atoms with Crippen LogP contribution in [0.3, 0.4) is 0 Å². The minimum Gasteiger partial charge on any atom is -0.370 e. The molecule has 0 atom stereocenters. The highest BCUT2D eigenvalue weighted by Gasteiger charge is 2.12. The molecule has 0 fully saturated rings. The Labute approximate surface area is 97.6 Å². The summed E-state index contributed by atoms with van der Waals surface area (Å²) in [6, 6.07) is 6.23. The van der Waals surface area contributed by atoms with Crippen molar-refractivity contribution in [3.8, 4) is 0 Å². The lowest BCUT2D eigenvalue weighted by atomic mass is 9.93. The first-order valence-electron chi connectivity index (χ1n) is 5.66. The Hall–Kier alpha value is -1.51. The number of hydrogen-bond donors (Lipinski definition) is 2. The zero-order chi connectivity index (χ0) is 12.3. The van der Waals surface area contributed by atoms with Gasteiger partial charge in [-0.2, -0.15) is 0 Å². The lowest BCUT2D eigenvalue weighted by Crippen LogP contribution is -2.22. The van der Waals surface area contributed by atoms with Crippen molar-refractivity contribution in [3.05, 3.63) is 29.3 Å². The van der Waals surface area contributed by atoms with Crippen molar-refractivity contribution in [2.45, 2.75) is 39.5 Å². The Morgan fingerprint density at radius 2 is 1.44 bits per heavy atom. The van der Waals surface area contributed by atoms with E-state index in [4.69, 9.17) is 11.5 Å². The van der Waals surface area contributed by atoms with Gasteiger partial charge < -0.3 is 11.5 Å². The van der Waals surface area contributed by atoms with Crippen LogP contribution in [-0.4, -0.2) is 5.96 Å². The third-order valence-corrected chi connectivity index (χ3v) is 2.58. The number of aliphatic imine (C=N–C) groups is 1. The summed E-state index contributed by atoms with van der Waals surface area (Å²) in [6.45, 7) is 8.58. The molecule has 0 heterocycles. The fraction of sp³-hybridized carbons (Fsp3) is 0.462. The zero-order valence-corrected chi connectivity index (χ0v) is 10.5. The summed E-state index contributed by atoms with van der Waals surface area (Å²) in [5.74, 6) is 0.948. The highest BCUT2D eigenvalue weighted by molar-refractivity contribution is 5.80. The van der Waals surface area contributed by atoms with E-state index in [0.717, 1.165) is 5.69 Å². The number of nitrogens with two attached hydrogens (primary N) is 2. The van der Waals surface area contributed by atoms with E-state index in [-0.39, 0.29) is 5.96 Å². The van der Waals surface area contributed by atoms with Gasteiger partial charge in [0.25, 0.3) is 0 Å². The molecule has 1 aromatic rings. The number of nitrogens with zero attached hydrogens (tertiary/aromatic N) is 1. The lowest BCUT2D eigenvalue weighted by molar-refractivity contribution is 0.834. The van der Waals surface area contributed by atoms with Crippen LogP contribution < -0.4 is 11.5 Å². The van der Waals surface area contributed by atoms with Crippen molar-refractivity contribution in [1.82, 2.24) is 0 Å². The maximum Gasteiger partial charge on any atom is 0.191 e. The third kappa shape index (κ3) is 2.75. The van der Waals surface area contributed by atoms with Crippen LogP contribution in [0.15, 0.2) is 23.2 Å². The van der Waals surface area contributed by atoms with E-state index in [2.05, 4.69) is 50.9 Å². The van der Waals surface area contributed by atoms with E-state index in [1.807, 2.05) is 0 Å². The molecule has 0 amide bonds. The van der Waals surface area contributed by atoms with Gasteiger partial charge in [-0.1, -0.05) is 45.9 Å². The van der Waals surface area contributed by atoms with Crippen molar-refractivity contribution in [1.29, 1.82) is 0 Å². The van der Waals surface area contributed by atoms with E-state index in [0.29, 0.717) is 11.8 Å². The quantitative estimate of drug-likeness (QED) is 0.606. The molecule has 0 aromatic heterocycles. The van der Waals surface area contributed by atoms with Gasteiger partial charge in [0, 0.05) is 0 Å². The molecule has 0 aliphatic rings. The maximum absolute atomic E-state index is 5.49. The fourth-order valence-electron chi connectivity index (χ4n) is 1.77. The largest absolute Gasteiger partial charge is 0.370 e. The normalized spacial score (nSPS) is 10.9. The Bertz CT molecular complexity index is 362. The Balaban J connectivity index is 3.41. The third-order valence-electron chi connectivity index (χ3n) is 2.58. The Morgan fingerprint density at radius 3 is 1.75 bits per heavy atom. The summed E-state index contributed by atoms with van der Waals surface area (Å²) in [4.78, 5) is 4.27. The molecule has 0 bridgehead atoms. The highest BCUT2D eigenvalue weighted by atomic mass is 15.0. The second-order valence-electron chi connectivity index (χ2n) is 4.63. The van der Waals surface area contributed by atoms with Crippen molar-refractivity contribution in [2.75, 3.05) is 0 Å². The molecule has 88 valence electrons. The first-order valence-corrected chi connectivity index (χ1v) is 5.66. The molecule has 3 heteroatoms. The molecule has 1 aromatic carbocycles. The first-order chi connectivity index (χ1) is 7.43. The molecular weight excluding hydrogens is 198 g/mol. The minimum atomic E-state index is 0.120. The molecule has 0 unspecified atom stereocenters. The summed E-state index contributed by atoms with van der Waals surface area (Å²) < 4.78 is 0. The van der Waals surface area contributed by atoms with Crippen LogP contribution >= 0.6 is 0 Å². The van der Waals surface area contributed by atoms with Crippen molar-refractivity contribution in [2.24, 2.45) is 16.5 Å². The molecule has 0 spiro atoms. The lowest BCUT2D eigenvalue weighted by Gasteiger charge is -2.16. The Morgan fingerprint density at radius 1 is 1.00 bits per heavy atom. The van der Waals surface area contributed by atoms with E-state index in [9.17, 15) is 0 Å². The smallest absolute Gasteiger partial charge is 0.191 e. The summed E-state index contributed by atoms with van der Waals surface area (Å²) >= 11 is 0. The molecule has 0 radical (unpaired) electrons. The maximum atomic E-state index is 5.49. The topological polar surface area (TPSA) is 64.4 Å². The van der Waals surface area contributed by atoms with Gasteiger partial charge in [0.15, 0.2) is 5.96 Å². The van der Waals surface area contributed by atoms with Gasteiger partial charge in [-0.05, 0) is 23.0 Å². The summed E-state index contributed by atoms with van der Waals surface area (Å²) in [5, 5.41) is 0. The SMILES string of the molecule is CC(C)c1cccc(C(C)C)c1N=C(N)N. The summed E-state index contributed by atoms with van der Waals surface area (Å²) in [7, 11) is 0. The number of para-hydroxylation sites is 1. The van der Waals surface area contributed by atoms with Crippen LogP contribution in [-0.2, 0) is 0 Å². The molecule has 0 saturated heterocycles. The van der Waals surface area contributed by atoms with Gasteiger partial charge >= 0.3 is 0 Å². The van der Waals surface area contributed by atoms with E-state index >= 15 is 0 Å². The van der Waals surface area contributed by atoms with E-state index in [1.54, 1.807) is 0 Å². The molecule has 16 heavy (non-hydrogen) atoms. The number of rotatable bonds is 3. The van der Waals surface area contributed by atoms with Crippen molar-refractivity contribution < 1.29 is 0 Å². The molecule has 4 N–H and O–H groups in total. The predicted octanol–water partition coefficient (Wildman–Crippen LogP) is 2.84. The van der Waals surface area contributed by atoms with Crippen LogP contribution in [0.5, 0.6) is 0 Å². The number of benzene rings is 1. The second kappa shape index (κ2) is 5.01. The van der Waals surface area contributed by atoms with Gasteiger partial charge in [-0.15, -0.1) is 0 Å². The molecule has 0 aliphatic carbocycles. The molecule has 0 saturated carbocycles. The standard InChI is InChI=1S/C13H21N3/c1-8(2)10-6-5-7-11(9(3)4)12(10)16-13(14)15/h5-9H,1-4H3,(H4,14,15,16). The van der Waals surface area contributed by atoms with Gasteiger partial charge in [0.2, 0.25) is 0 Å². The van der Waals surface area contributed by atoms with Crippen LogP contribution in [0.4, 0.5) is 5.69 Å². The summed E-state index contributed by atoms with van der Waals surface area (Å²) in [5.41, 5.74) is 14.3. The molecular formula is C13H21N3. The van der Waals surface area contributed by atoms with Crippen LogP contribution in [0.1, 0.15) is 50.7 Å². The number of hydrogen-bond acceptors (Lipinski definition) is 1. The van der Waals surface area contributed by atoms with E-state index < -0.39 is 0 Å². The van der Waals surface area contributed by atoms with Gasteiger partial charge in [0.1, 0.15) is 0 Å². The average Bonchev–Trinajstić information content (AvgIpc) is 2.16. The van der Waals surface area contributed by atoms with Crippen molar-refractivity contribution in [3.63, 3.8) is 0 Å². The monoisotopic (exact) mass is 219 g/mol. The number of guanidine groups is 1. The second-order valence-corrected chi connectivity index (χ2v) is 4.63. The minimum absolute atomic E-state index is 0.120. The van der Waals surface area contributed by atoms with Crippen LogP contribution in [0, 0.1) is 0 Å². The Kier molecular flexibility index (Phi) is 3.93. The van der Waals surface area contributed by atoms with Crippen LogP contribution in [0.2, 0.25) is 0 Å². The van der Waals surface area contributed by atoms with Gasteiger partial charge in [0.05, 0.1) is 5.69 Å². The van der Waals surface area contributed by atoms with Gasteiger partial charge in [-0.3, -0.25) is 0 Å². The first kappa shape index (κ1) is 12.6. The van der Waals surface area contributed by atoms with E-state index in [1.165, 1.54) is 11.1 Å². The predicted molar refractivity (Wildman–Crippen MR) is 70.1 cm³/mol. The molecule has 3 nitrogen and oxygen atoms in total. The van der Waals surface area contributed by atoms with Crippen LogP contribution in [0.25, 0.3) is 0 Å². The van der Waals surface area contributed by atoms with Gasteiger partial charge in [-0.25, -0.2) is 4.99 Å². The molecule has 0 aliphatic heterocycles. The highest BCUT2D eigenvalue weighted by Crippen LogP contribution is 2.34.